The van der Waals surface area contributed by atoms with Gasteiger partial charge in [0.05, 0.1) is 0 Å². The molecule has 3 unspecified atom stereocenters. The number of benzene rings is 1. The topological polar surface area (TPSA) is 44.5 Å². The van der Waals surface area contributed by atoms with Gasteiger partial charge < -0.3 is 15.2 Å². The minimum atomic E-state index is -0.249. The summed E-state index contributed by atoms with van der Waals surface area (Å²) in [5.41, 5.74) is 6.64. The van der Waals surface area contributed by atoms with Gasteiger partial charge in [-0.05, 0) is 37.6 Å². The van der Waals surface area contributed by atoms with Gasteiger partial charge in [0.2, 0.25) is 0 Å². The fourth-order valence-electron chi connectivity index (χ4n) is 2.06. The molecule has 0 aliphatic heterocycles. The van der Waals surface area contributed by atoms with Crippen molar-refractivity contribution in [2.24, 2.45) is 5.73 Å². The number of nitrogens with two attached hydrogens (primary N) is 1. The van der Waals surface area contributed by atoms with E-state index in [4.69, 9.17) is 15.2 Å². The number of hydrogen-bond donors (Lipinski definition) is 1. The smallest absolute Gasteiger partial charge is 0.128 e. The second-order valence-electron chi connectivity index (χ2n) is 4.39. The molecule has 0 amide bonds. The van der Waals surface area contributed by atoms with Crippen LogP contribution in [0.5, 0.6) is 5.75 Å². The second kappa shape index (κ2) is 5.02. The highest BCUT2D eigenvalue weighted by atomic mass is 19.1. The fraction of sp³-hybridized carbons (Fsp3) is 0.538. The Morgan fingerprint density at radius 2 is 2.24 bits per heavy atom. The van der Waals surface area contributed by atoms with E-state index in [2.05, 4.69) is 0 Å². The minimum absolute atomic E-state index is 0.0193. The molecule has 17 heavy (non-hydrogen) atoms. The summed E-state index contributed by atoms with van der Waals surface area (Å²) in [7, 11) is 0. The van der Waals surface area contributed by atoms with Gasteiger partial charge >= 0.3 is 0 Å². The summed E-state index contributed by atoms with van der Waals surface area (Å²) in [5.74, 6) is 0.453. The monoisotopic (exact) mass is 239 g/mol. The van der Waals surface area contributed by atoms with Crippen molar-refractivity contribution < 1.29 is 13.9 Å². The van der Waals surface area contributed by atoms with Crippen LogP contribution in [0.2, 0.25) is 0 Å². The van der Waals surface area contributed by atoms with E-state index < -0.39 is 0 Å². The maximum absolute atomic E-state index is 12.9. The summed E-state index contributed by atoms with van der Waals surface area (Å²) in [6, 6.07) is 4.55. The Balaban J connectivity index is 2.01. The first-order valence-corrected chi connectivity index (χ1v) is 5.91. The van der Waals surface area contributed by atoms with Gasteiger partial charge in [-0.3, -0.25) is 0 Å². The van der Waals surface area contributed by atoms with Crippen molar-refractivity contribution in [3.05, 3.63) is 29.6 Å². The number of hydrogen-bond acceptors (Lipinski definition) is 3. The molecule has 2 N–H and O–H groups in total. The van der Waals surface area contributed by atoms with Crippen LogP contribution in [-0.4, -0.2) is 24.9 Å². The van der Waals surface area contributed by atoms with E-state index >= 15 is 0 Å². The molecule has 1 aromatic rings. The van der Waals surface area contributed by atoms with Crippen LogP contribution in [0, 0.1) is 12.7 Å². The number of halogens is 1. The Morgan fingerprint density at radius 1 is 1.47 bits per heavy atom. The summed E-state index contributed by atoms with van der Waals surface area (Å²) in [5, 5.41) is 0. The van der Waals surface area contributed by atoms with Crippen LogP contribution in [0.15, 0.2) is 18.2 Å². The Kier molecular flexibility index (Phi) is 3.64. The number of rotatable bonds is 4. The van der Waals surface area contributed by atoms with Crippen LogP contribution < -0.4 is 10.5 Å². The van der Waals surface area contributed by atoms with E-state index in [0.29, 0.717) is 12.4 Å². The zero-order valence-electron chi connectivity index (χ0n) is 10.2. The van der Waals surface area contributed by atoms with Crippen molar-refractivity contribution in [3.63, 3.8) is 0 Å². The molecule has 3 atom stereocenters. The van der Waals surface area contributed by atoms with Crippen molar-refractivity contribution in [1.82, 2.24) is 0 Å². The molecule has 4 heteroatoms. The van der Waals surface area contributed by atoms with Gasteiger partial charge in [0.1, 0.15) is 23.8 Å². The maximum atomic E-state index is 12.9. The Morgan fingerprint density at radius 3 is 2.82 bits per heavy atom. The van der Waals surface area contributed by atoms with Gasteiger partial charge in [-0.2, -0.15) is 0 Å². The molecular weight excluding hydrogens is 221 g/mol. The number of aryl methyl sites for hydroxylation is 1. The van der Waals surface area contributed by atoms with Crippen molar-refractivity contribution >= 4 is 0 Å². The molecular formula is C13H18FNO2. The highest BCUT2D eigenvalue weighted by Crippen LogP contribution is 2.29. The molecule has 2 rings (SSSR count). The van der Waals surface area contributed by atoms with Crippen molar-refractivity contribution in [3.8, 4) is 5.75 Å². The molecule has 1 aliphatic rings. The van der Waals surface area contributed by atoms with E-state index in [-0.39, 0.29) is 24.1 Å². The summed E-state index contributed by atoms with van der Waals surface area (Å²) < 4.78 is 24.3. The molecule has 1 aliphatic carbocycles. The first-order valence-electron chi connectivity index (χ1n) is 5.91. The molecule has 0 spiro atoms. The van der Waals surface area contributed by atoms with Crippen LogP contribution in [0.1, 0.15) is 18.9 Å². The Bertz CT molecular complexity index is 397. The zero-order valence-corrected chi connectivity index (χ0v) is 10.2. The van der Waals surface area contributed by atoms with Crippen LogP contribution in [0.3, 0.4) is 0 Å². The minimum Gasteiger partial charge on any atom is -0.487 e. The third-order valence-electron chi connectivity index (χ3n) is 3.07. The maximum Gasteiger partial charge on any atom is 0.128 e. The van der Waals surface area contributed by atoms with Gasteiger partial charge in [0.25, 0.3) is 0 Å². The summed E-state index contributed by atoms with van der Waals surface area (Å²) in [6.45, 7) is 4.39. The van der Waals surface area contributed by atoms with Gasteiger partial charge in [-0.1, -0.05) is 0 Å². The first kappa shape index (κ1) is 12.3. The van der Waals surface area contributed by atoms with Gasteiger partial charge in [0.15, 0.2) is 0 Å². The van der Waals surface area contributed by atoms with Crippen LogP contribution in [0.4, 0.5) is 4.39 Å². The lowest BCUT2D eigenvalue weighted by Crippen LogP contribution is -2.59. The fourth-order valence-corrected chi connectivity index (χ4v) is 2.06. The molecule has 1 aromatic carbocycles. The van der Waals surface area contributed by atoms with E-state index in [1.54, 1.807) is 6.07 Å². The number of ether oxygens (including phenoxy) is 2. The summed E-state index contributed by atoms with van der Waals surface area (Å²) in [6.07, 6.45) is 0.708. The first-order chi connectivity index (χ1) is 8.11. The molecule has 0 bridgehead atoms. The molecule has 94 valence electrons. The van der Waals surface area contributed by atoms with Gasteiger partial charge in [0, 0.05) is 19.1 Å². The lowest BCUT2D eigenvalue weighted by molar-refractivity contribution is -0.0947. The summed E-state index contributed by atoms with van der Waals surface area (Å²) >= 11 is 0. The SMILES string of the molecule is CCOC1C(N)CC1Oc1ccc(F)cc1C. The molecule has 0 radical (unpaired) electrons. The van der Waals surface area contributed by atoms with Crippen molar-refractivity contribution in [1.29, 1.82) is 0 Å². The third-order valence-corrected chi connectivity index (χ3v) is 3.07. The lowest BCUT2D eigenvalue weighted by atomic mass is 9.86. The average Bonchev–Trinajstić information content (AvgIpc) is 2.28. The van der Waals surface area contributed by atoms with E-state index in [0.717, 1.165) is 12.0 Å². The van der Waals surface area contributed by atoms with E-state index in [9.17, 15) is 4.39 Å². The van der Waals surface area contributed by atoms with Crippen molar-refractivity contribution in [2.45, 2.75) is 38.5 Å². The van der Waals surface area contributed by atoms with Gasteiger partial charge in [-0.25, -0.2) is 4.39 Å². The Labute approximate surface area is 101 Å². The van der Waals surface area contributed by atoms with Crippen LogP contribution >= 0.6 is 0 Å². The highest BCUT2D eigenvalue weighted by Gasteiger charge is 2.41. The predicted molar refractivity (Wildman–Crippen MR) is 63.6 cm³/mol. The molecule has 1 fully saturated rings. The van der Waals surface area contributed by atoms with E-state index in [1.165, 1.54) is 12.1 Å². The third kappa shape index (κ3) is 2.58. The zero-order chi connectivity index (χ0) is 12.4. The molecule has 1 saturated carbocycles. The normalized spacial score (nSPS) is 27.6. The standard InChI is InChI=1S/C13H18FNO2/c1-3-16-13-10(15)7-12(13)17-11-5-4-9(14)6-8(11)2/h4-6,10,12-13H,3,7,15H2,1-2H3. The average molecular weight is 239 g/mol. The van der Waals surface area contributed by atoms with Crippen molar-refractivity contribution in [2.75, 3.05) is 6.61 Å². The van der Waals surface area contributed by atoms with Crippen LogP contribution in [0.25, 0.3) is 0 Å². The predicted octanol–water partition coefficient (Wildman–Crippen LogP) is 2.02. The lowest BCUT2D eigenvalue weighted by Gasteiger charge is -2.41. The molecule has 0 heterocycles. The highest BCUT2D eigenvalue weighted by molar-refractivity contribution is 5.33. The second-order valence-corrected chi connectivity index (χ2v) is 4.39. The summed E-state index contributed by atoms with van der Waals surface area (Å²) in [4.78, 5) is 0. The largest absolute Gasteiger partial charge is 0.487 e. The molecule has 0 aromatic heterocycles. The quantitative estimate of drug-likeness (QED) is 0.874. The molecule has 0 saturated heterocycles. The Hall–Kier alpha value is -1.13. The van der Waals surface area contributed by atoms with Crippen LogP contribution in [-0.2, 0) is 4.74 Å². The van der Waals surface area contributed by atoms with E-state index in [1.807, 2.05) is 13.8 Å². The molecule has 3 nitrogen and oxygen atoms in total. The van der Waals surface area contributed by atoms with Gasteiger partial charge in [-0.15, -0.1) is 0 Å².